The SMILES string of the molecule is COc1cc(OC)c(OC)c(CC2CCCCN2)c1Cl. The topological polar surface area (TPSA) is 39.7 Å². The van der Waals surface area contributed by atoms with Crippen LogP contribution in [0.3, 0.4) is 0 Å². The van der Waals surface area contributed by atoms with E-state index in [-0.39, 0.29) is 0 Å². The van der Waals surface area contributed by atoms with E-state index in [1.54, 1.807) is 27.4 Å². The quantitative estimate of drug-likeness (QED) is 0.907. The molecule has 1 saturated heterocycles. The fourth-order valence-electron chi connectivity index (χ4n) is 2.70. The summed E-state index contributed by atoms with van der Waals surface area (Å²) in [6, 6.07) is 2.19. The van der Waals surface area contributed by atoms with Crippen LogP contribution in [0.2, 0.25) is 5.02 Å². The number of methoxy groups -OCH3 is 3. The first-order valence-electron chi connectivity index (χ1n) is 6.92. The average Bonchev–Trinajstić information content (AvgIpc) is 2.50. The first-order chi connectivity index (χ1) is 9.71. The fraction of sp³-hybridized carbons (Fsp3) is 0.600. The van der Waals surface area contributed by atoms with Gasteiger partial charge in [0.25, 0.3) is 0 Å². The van der Waals surface area contributed by atoms with Gasteiger partial charge in [-0.1, -0.05) is 18.0 Å². The van der Waals surface area contributed by atoms with Crippen LogP contribution < -0.4 is 19.5 Å². The highest BCUT2D eigenvalue weighted by Gasteiger charge is 2.23. The van der Waals surface area contributed by atoms with Crippen LogP contribution in [-0.4, -0.2) is 33.9 Å². The van der Waals surface area contributed by atoms with Gasteiger partial charge in [0.1, 0.15) is 5.75 Å². The van der Waals surface area contributed by atoms with Crippen LogP contribution in [0, 0.1) is 0 Å². The van der Waals surface area contributed by atoms with E-state index in [2.05, 4.69) is 5.32 Å². The van der Waals surface area contributed by atoms with Crippen molar-refractivity contribution >= 4 is 11.6 Å². The van der Waals surface area contributed by atoms with Gasteiger partial charge >= 0.3 is 0 Å². The van der Waals surface area contributed by atoms with Crippen LogP contribution in [0.5, 0.6) is 17.2 Å². The summed E-state index contributed by atoms with van der Waals surface area (Å²) in [5.41, 5.74) is 0.949. The van der Waals surface area contributed by atoms with Crippen LogP contribution in [0.4, 0.5) is 0 Å². The van der Waals surface area contributed by atoms with Crippen molar-refractivity contribution in [2.45, 2.75) is 31.7 Å². The van der Waals surface area contributed by atoms with Gasteiger partial charge in [-0.25, -0.2) is 0 Å². The van der Waals surface area contributed by atoms with Gasteiger partial charge in [0.2, 0.25) is 0 Å². The molecule has 0 amide bonds. The van der Waals surface area contributed by atoms with E-state index in [4.69, 9.17) is 25.8 Å². The van der Waals surface area contributed by atoms with E-state index in [0.29, 0.717) is 28.3 Å². The summed E-state index contributed by atoms with van der Waals surface area (Å²) in [6.45, 7) is 1.06. The number of hydrogen-bond donors (Lipinski definition) is 1. The molecule has 1 atom stereocenters. The Morgan fingerprint density at radius 2 is 1.90 bits per heavy atom. The molecule has 1 aliphatic rings. The Morgan fingerprint density at radius 1 is 1.15 bits per heavy atom. The molecule has 20 heavy (non-hydrogen) atoms. The molecule has 1 heterocycles. The van der Waals surface area contributed by atoms with Crippen molar-refractivity contribution in [2.24, 2.45) is 0 Å². The standard InChI is InChI=1S/C15H22ClNO3/c1-18-12-9-13(19-2)15(20-3)11(14(12)16)8-10-6-4-5-7-17-10/h9-10,17H,4-8H2,1-3H3. The summed E-state index contributed by atoms with van der Waals surface area (Å²) < 4.78 is 16.2. The number of halogens is 1. The molecule has 1 fully saturated rings. The van der Waals surface area contributed by atoms with Gasteiger partial charge in [-0.05, 0) is 25.8 Å². The minimum absolute atomic E-state index is 0.423. The van der Waals surface area contributed by atoms with E-state index in [1.165, 1.54) is 12.8 Å². The second-order valence-electron chi connectivity index (χ2n) is 4.96. The van der Waals surface area contributed by atoms with Crippen LogP contribution in [-0.2, 0) is 6.42 Å². The van der Waals surface area contributed by atoms with E-state index >= 15 is 0 Å². The highest BCUT2D eigenvalue weighted by molar-refractivity contribution is 6.33. The first kappa shape index (κ1) is 15.3. The largest absolute Gasteiger partial charge is 0.495 e. The maximum atomic E-state index is 6.45. The van der Waals surface area contributed by atoms with E-state index in [9.17, 15) is 0 Å². The smallest absolute Gasteiger partial charge is 0.165 e. The van der Waals surface area contributed by atoms with Crippen LogP contribution in [0.15, 0.2) is 6.07 Å². The lowest BCUT2D eigenvalue weighted by Crippen LogP contribution is -2.35. The molecule has 5 heteroatoms. The molecule has 112 valence electrons. The molecular weight excluding hydrogens is 278 g/mol. The van der Waals surface area contributed by atoms with Gasteiger partial charge in [0.15, 0.2) is 11.5 Å². The monoisotopic (exact) mass is 299 g/mol. The molecule has 1 unspecified atom stereocenters. The van der Waals surface area contributed by atoms with E-state index in [0.717, 1.165) is 24.9 Å². The number of rotatable bonds is 5. The number of benzene rings is 1. The molecular formula is C15H22ClNO3. The van der Waals surface area contributed by atoms with Crippen molar-refractivity contribution in [3.05, 3.63) is 16.7 Å². The molecule has 1 N–H and O–H groups in total. The lowest BCUT2D eigenvalue weighted by molar-refractivity contribution is 0.340. The summed E-state index contributed by atoms with van der Waals surface area (Å²) in [5.74, 6) is 1.97. The Balaban J connectivity index is 2.36. The highest BCUT2D eigenvalue weighted by Crippen LogP contribution is 2.43. The molecule has 0 aliphatic carbocycles. The van der Waals surface area contributed by atoms with Crippen molar-refractivity contribution in [2.75, 3.05) is 27.9 Å². The summed E-state index contributed by atoms with van der Waals surface area (Å²) in [5, 5.41) is 4.13. The van der Waals surface area contributed by atoms with Crippen molar-refractivity contribution < 1.29 is 14.2 Å². The fourth-order valence-corrected chi connectivity index (χ4v) is 2.99. The zero-order valence-electron chi connectivity index (χ0n) is 12.3. The van der Waals surface area contributed by atoms with Crippen LogP contribution in [0.25, 0.3) is 0 Å². The number of ether oxygens (including phenoxy) is 3. The first-order valence-corrected chi connectivity index (χ1v) is 7.29. The van der Waals surface area contributed by atoms with Gasteiger partial charge in [0.05, 0.1) is 26.4 Å². The number of hydrogen-bond acceptors (Lipinski definition) is 4. The molecule has 0 radical (unpaired) electrons. The van der Waals surface area contributed by atoms with Crippen LogP contribution >= 0.6 is 11.6 Å². The Hall–Kier alpha value is -1.13. The molecule has 0 spiro atoms. The maximum absolute atomic E-state index is 6.45. The molecule has 0 saturated carbocycles. The minimum atomic E-state index is 0.423. The Labute approximate surface area is 125 Å². The van der Waals surface area contributed by atoms with Crippen molar-refractivity contribution in [3.63, 3.8) is 0 Å². The maximum Gasteiger partial charge on any atom is 0.165 e. The average molecular weight is 300 g/mol. The third-order valence-corrected chi connectivity index (χ3v) is 4.16. The summed E-state index contributed by atoms with van der Waals surface area (Å²) in [7, 11) is 4.86. The molecule has 2 rings (SSSR count). The Bertz CT molecular complexity index is 459. The van der Waals surface area contributed by atoms with Crippen molar-refractivity contribution in [1.82, 2.24) is 5.32 Å². The molecule has 1 aliphatic heterocycles. The van der Waals surface area contributed by atoms with Gasteiger partial charge in [-0.3, -0.25) is 0 Å². The third kappa shape index (κ3) is 3.13. The molecule has 1 aromatic rings. The zero-order chi connectivity index (χ0) is 14.5. The molecule has 1 aromatic carbocycles. The number of nitrogens with one attached hydrogen (secondary N) is 1. The normalized spacial score (nSPS) is 18.7. The van der Waals surface area contributed by atoms with E-state index in [1.807, 2.05) is 0 Å². The van der Waals surface area contributed by atoms with E-state index < -0.39 is 0 Å². The second-order valence-corrected chi connectivity index (χ2v) is 5.34. The predicted molar refractivity (Wildman–Crippen MR) is 80.5 cm³/mol. The molecule has 4 nitrogen and oxygen atoms in total. The van der Waals surface area contributed by atoms with Crippen LogP contribution in [0.1, 0.15) is 24.8 Å². The Morgan fingerprint density at radius 3 is 2.45 bits per heavy atom. The summed E-state index contributed by atoms with van der Waals surface area (Å²) >= 11 is 6.45. The minimum Gasteiger partial charge on any atom is -0.495 e. The second kappa shape index (κ2) is 7.04. The lowest BCUT2D eigenvalue weighted by atomic mass is 9.96. The van der Waals surface area contributed by atoms with Gasteiger partial charge in [-0.15, -0.1) is 0 Å². The summed E-state index contributed by atoms with van der Waals surface area (Å²) in [4.78, 5) is 0. The van der Waals surface area contributed by atoms with Gasteiger partial charge in [0, 0.05) is 17.7 Å². The lowest BCUT2D eigenvalue weighted by Gasteiger charge is -2.25. The van der Waals surface area contributed by atoms with Crippen molar-refractivity contribution in [1.29, 1.82) is 0 Å². The van der Waals surface area contributed by atoms with Gasteiger partial charge in [-0.2, -0.15) is 0 Å². The molecule has 0 aromatic heterocycles. The Kier molecular flexibility index (Phi) is 5.38. The van der Waals surface area contributed by atoms with Gasteiger partial charge < -0.3 is 19.5 Å². The predicted octanol–water partition coefficient (Wildman–Crippen LogP) is 3.05. The summed E-state index contributed by atoms with van der Waals surface area (Å²) in [6.07, 6.45) is 4.45. The molecule has 0 bridgehead atoms. The zero-order valence-corrected chi connectivity index (χ0v) is 13.0. The van der Waals surface area contributed by atoms with Crippen molar-refractivity contribution in [3.8, 4) is 17.2 Å². The highest BCUT2D eigenvalue weighted by atomic mass is 35.5. The third-order valence-electron chi connectivity index (χ3n) is 3.75. The number of piperidine rings is 1.